The van der Waals surface area contributed by atoms with Crippen molar-refractivity contribution in [1.82, 2.24) is 0 Å². The lowest BCUT2D eigenvalue weighted by Crippen LogP contribution is -2.04. The van der Waals surface area contributed by atoms with Crippen LogP contribution in [0.2, 0.25) is 5.02 Å². The summed E-state index contributed by atoms with van der Waals surface area (Å²) < 4.78 is 0. The van der Waals surface area contributed by atoms with Crippen LogP contribution in [-0.2, 0) is 6.42 Å². The first-order valence-corrected chi connectivity index (χ1v) is 8.15. The summed E-state index contributed by atoms with van der Waals surface area (Å²) in [6, 6.07) is 10.4. The average molecular weight is 352 g/mol. The summed E-state index contributed by atoms with van der Waals surface area (Å²) in [5.74, 6) is 0. The molecule has 1 atom stereocenters. The van der Waals surface area contributed by atoms with Crippen molar-refractivity contribution >= 4 is 27.5 Å². The molecule has 0 amide bonds. The largest absolute Gasteiger partial charge is 0.0843 e. The van der Waals surface area contributed by atoms with E-state index in [2.05, 4.69) is 55.8 Å². The topological polar surface area (TPSA) is 0 Å². The molecule has 0 bridgehead atoms. The van der Waals surface area contributed by atoms with Gasteiger partial charge in [0, 0.05) is 9.85 Å². The summed E-state index contributed by atoms with van der Waals surface area (Å²) in [4.78, 5) is 0.319. The Balaban J connectivity index is 2.37. The number of hydrogen-bond donors (Lipinski definition) is 0. The Labute approximate surface area is 135 Å². The Bertz CT molecular complexity index is 605. The maximum absolute atomic E-state index is 6.07. The number of rotatable bonds is 3. The van der Waals surface area contributed by atoms with E-state index in [1.54, 1.807) is 0 Å². The van der Waals surface area contributed by atoms with E-state index in [1.165, 1.54) is 33.4 Å². The molecule has 0 N–H and O–H groups in total. The SMILES string of the molecule is Cc1cc(C)c(C)c(C(Br)Cc2cccc(Cl)c2)c1C. The van der Waals surface area contributed by atoms with Gasteiger partial charge in [0.1, 0.15) is 0 Å². The molecule has 0 saturated carbocycles. The molecular formula is C18H20BrCl. The number of benzene rings is 2. The van der Waals surface area contributed by atoms with Gasteiger partial charge >= 0.3 is 0 Å². The maximum atomic E-state index is 6.07. The Hall–Kier alpha value is -0.790. The van der Waals surface area contributed by atoms with E-state index in [0.717, 1.165) is 11.4 Å². The quantitative estimate of drug-likeness (QED) is 0.573. The number of halogens is 2. The molecule has 0 aliphatic rings. The summed E-state index contributed by atoms with van der Waals surface area (Å²) in [6.07, 6.45) is 0.950. The van der Waals surface area contributed by atoms with Crippen molar-refractivity contribution in [2.24, 2.45) is 0 Å². The van der Waals surface area contributed by atoms with Gasteiger partial charge in [0.05, 0.1) is 0 Å². The first-order chi connectivity index (χ1) is 9.40. The van der Waals surface area contributed by atoms with E-state index in [4.69, 9.17) is 11.6 Å². The summed E-state index contributed by atoms with van der Waals surface area (Å²) >= 11 is 9.95. The molecule has 0 heterocycles. The van der Waals surface area contributed by atoms with Crippen LogP contribution >= 0.6 is 27.5 Å². The molecule has 1 unspecified atom stereocenters. The Morgan fingerprint density at radius 3 is 2.15 bits per heavy atom. The van der Waals surface area contributed by atoms with Crippen LogP contribution in [0.1, 0.15) is 38.2 Å². The van der Waals surface area contributed by atoms with E-state index in [9.17, 15) is 0 Å². The summed E-state index contributed by atoms with van der Waals surface area (Å²) in [7, 11) is 0. The molecule has 0 radical (unpaired) electrons. The lowest BCUT2D eigenvalue weighted by molar-refractivity contribution is 0.919. The molecule has 0 nitrogen and oxygen atoms in total. The normalized spacial score (nSPS) is 12.5. The Morgan fingerprint density at radius 1 is 1.00 bits per heavy atom. The highest BCUT2D eigenvalue weighted by molar-refractivity contribution is 9.09. The van der Waals surface area contributed by atoms with E-state index < -0.39 is 0 Å². The molecule has 2 aromatic rings. The highest BCUT2D eigenvalue weighted by Gasteiger charge is 2.16. The molecule has 0 spiro atoms. The minimum absolute atomic E-state index is 0.319. The predicted octanol–water partition coefficient (Wildman–Crippen LogP) is 6.25. The molecule has 0 fully saturated rings. The van der Waals surface area contributed by atoms with Gasteiger partial charge in [-0.05, 0) is 79.6 Å². The van der Waals surface area contributed by atoms with Crippen molar-refractivity contribution in [3.8, 4) is 0 Å². The third-order valence-electron chi connectivity index (χ3n) is 4.04. The minimum atomic E-state index is 0.319. The zero-order valence-corrected chi connectivity index (χ0v) is 14.8. The highest BCUT2D eigenvalue weighted by Crippen LogP contribution is 2.35. The standard InChI is InChI=1S/C18H20BrCl/c1-11-8-12(2)14(4)18(13(11)3)17(19)10-15-6-5-7-16(20)9-15/h5-9,17H,10H2,1-4H3. The Kier molecular flexibility index (Phi) is 4.93. The number of hydrogen-bond acceptors (Lipinski definition) is 0. The van der Waals surface area contributed by atoms with E-state index in [1.807, 2.05) is 18.2 Å². The van der Waals surface area contributed by atoms with Crippen molar-refractivity contribution in [2.75, 3.05) is 0 Å². The van der Waals surface area contributed by atoms with Crippen molar-refractivity contribution < 1.29 is 0 Å². The van der Waals surface area contributed by atoms with Crippen LogP contribution in [0.25, 0.3) is 0 Å². The summed E-state index contributed by atoms with van der Waals surface area (Å²) in [5.41, 5.74) is 8.17. The van der Waals surface area contributed by atoms with Crippen LogP contribution in [-0.4, -0.2) is 0 Å². The van der Waals surface area contributed by atoms with Gasteiger partial charge in [-0.25, -0.2) is 0 Å². The zero-order chi connectivity index (χ0) is 14.9. The van der Waals surface area contributed by atoms with Crippen LogP contribution in [0, 0.1) is 27.7 Å². The van der Waals surface area contributed by atoms with Crippen LogP contribution in [0.4, 0.5) is 0 Å². The second-order valence-electron chi connectivity index (χ2n) is 5.48. The van der Waals surface area contributed by atoms with Gasteiger partial charge in [-0.15, -0.1) is 0 Å². The third-order valence-corrected chi connectivity index (χ3v) is 5.06. The van der Waals surface area contributed by atoms with Crippen LogP contribution < -0.4 is 0 Å². The summed E-state index contributed by atoms with van der Waals surface area (Å²) in [6.45, 7) is 8.79. The van der Waals surface area contributed by atoms with Gasteiger partial charge in [0.2, 0.25) is 0 Å². The fraction of sp³-hybridized carbons (Fsp3) is 0.333. The lowest BCUT2D eigenvalue weighted by atomic mass is 9.90. The second kappa shape index (κ2) is 6.32. The fourth-order valence-corrected chi connectivity index (χ4v) is 3.96. The third kappa shape index (κ3) is 3.27. The summed E-state index contributed by atoms with van der Waals surface area (Å²) in [5, 5.41) is 0.802. The fourth-order valence-electron chi connectivity index (χ4n) is 2.69. The smallest absolute Gasteiger partial charge is 0.0441 e. The van der Waals surface area contributed by atoms with Crippen molar-refractivity contribution in [1.29, 1.82) is 0 Å². The maximum Gasteiger partial charge on any atom is 0.0441 e. The van der Waals surface area contributed by atoms with Gasteiger partial charge in [-0.3, -0.25) is 0 Å². The Morgan fingerprint density at radius 2 is 1.60 bits per heavy atom. The van der Waals surface area contributed by atoms with Gasteiger partial charge in [0.15, 0.2) is 0 Å². The molecule has 20 heavy (non-hydrogen) atoms. The monoisotopic (exact) mass is 350 g/mol. The van der Waals surface area contributed by atoms with Gasteiger partial charge in [-0.1, -0.05) is 45.7 Å². The predicted molar refractivity (Wildman–Crippen MR) is 92.2 cm³/mol. The number of aryl methyl sites for hydroxylation is 2. The van der Waals surface area contributed by atoms with Crippen LogP contribution in [0.15, 0.2) is 30.3 Å². The van der Waals surface area contributed by atoms with Crippen LogP contribution in [0.5, 0.6) is 0 Å². The van der Waals surface area contributed by atoms with Crippen molar-refractivity contribution in [3.63, 3.8) is 0 Å². The zero-order valence-electron chi connectivity index (χ0n) is 12.4. The molecule has 0 aliphatic heterocycles. The van der Waals surface area contributed by atoms with Gasteiger partial charge in [-0.2, -0.15) is 0 Å². The van der Waals surface area contributed by atoms with Crippen molar-refractivity contribution in [2.45, 2.75) is 38.9 Å². The molecule has 2 aromatic carbocycles. The molecular weight excluding hydrogens is 332 g/mol. The molecule has 0 saturated heterocycles. The number of alkyl halides is 1. The average Bonchev–Trinajstić information content (AvgIpc) is 2.36. The highest BCUT2D eigenvalue weighted by atomic mass is 79.9. The van der Waals surface area contributed by atoms with E-state index in [0.29, 0.717) is 4.83 Å². The molecule has 0 aliphatic carbocycles. The lowest BCUT2D eigenvalue weighted by Gasteiger charge is -2.20. The second-order valence-corrected chi connectivity index (χ2v) is 7.02. The first-order valence-electron chi connectivity index (χ1n) is 6.86. The molecule has 0 aromatic heterocycles. The molecule has 2 heteroatoms. The van der Waals surface area contributed by atoms with Gasteiger partial charge < -0.3 is 0 Å². The minimum Gasteiger partial charge on any atom is -0.0843 e. The van der Waals surface area contributed by atoms with E-state index >= 15 is 0 Å². The van der Waals surface area contributed by atoms with E-state index in [-0.39, 0.29) is 0 Å². The first kappa shape index (κ1) is 15.6. The molecule has 2 rings (SSSR count). The van der Waals surface area contributed by atoms with Gasteiger partial charge in [0.25, 0.3) is 0 Å². The van der Waals surface area contributed by atoms with Crippen LogP contribution in [0.3, 0.4) is 0 Å². The molecule has 106 valence electrons. The van der Waals surface area contributed by atoms with Crippen molar-refractivity contribution in [3.05, 3.63) is 68.7 Å².